The van der Waals surface area contributed by atoms with E-state index in [-0.39, 0.29) is 12.2 Å². The quantitative estimate of drug-likeness (QED) is 0.695. The zero-order chi connectivity index (χ0) is 14.1. The van der Waals surface area contributed by atoms with Crippen LogP contribution in [0.4, 0.5) is 0 Å². The SMILES string of the molecule is C=C[C@@H](C[C@H](O)CCC)OCc1ccc(OC)cc1. The third-order valence-corrected chi connectivity index (χ3v) is 3.01. The van der Waals surface area contributed by atoms with Crippen molar-refractivity contribution in [1.82, 2.24) is 0 Å². The van der Waals surface area contributed by atoms with E-state index in [1.54, 1.807) is 13.2 Å². The maximum atomic E-state index is 9.77. The van der Waals surface area contributed by atoms with Crippen molar-refractivity contribution in [1.29, 1.82) is 0 Å². The summed E-state index contributed by atoms with van der Waals surface area (Å²) in [4.78, 5) is 0. The van der Waals surface area contributed by atoms with Gasteiger partial charge in [-0.15, -0.1) is 6.58 Å². The normalized spacial score (nSPS) is 13.8. The van der Waals surface area contributed by atoms with Crippen molar-refractivity contribution in [3.05, 3.63) is 42.5 Å². The van der Waals surface area contributed by atoms with Gasteiger partial charge in [0.1, 0.15) is 5.75 Å². The van der Waals surface area contributed by atoms with Crippen molar-refractivity contribution in [3.8, 4) is 5.75 Å². The molecular weight excluding hydrogens is 240 g/mol. The lowest BCUT2D eigenvalue weighted by Crippen LogP contribution is -2.18. The Balaban J connectivity index is 2.41. The van der Waals surface area contributed by atoms with E-state index < -0.39 is 0 Å². The molecule has 3 nitrogen and oxygen atoms in total. The van der Waals surface area contributed by atoms with E-state index in [9.17, 15) is 5.11 Å². The predicted molar refractivity (Wildman–Crippen MR) is 77.3 cm³/mol. The molecule has 0 unspecified atom stereocenters. The van der Waals surface area contributed by atoms with Gasteiger partial charge in [-0.2, -0.15) is 0 Å². The summed E-state index contributed by atoms with van der Waals surface area (Å²) in [6.45, 7) is 6.33. The van der Waals surface area contributed by atoms with Gasteiger partial charge in [-0.25, -0.2) is 0 Å². The van der Waals surface area contributed by atoms with E-state index in [1.165, 1.54) is 0 Å². The van der Waals surface area contributed by atoms with Gasteiger partial charge >= 0.3 is 0 Å². The summed E-state index contributed by atoms with van der Waals surface area (Å²) in [7, 11) is 1.65. The van der Waals surface area contributed by atoms with Crippen molar-refractivity contribution in [2.45, 2.75) is 45.0 Å². The third-order valence-electron chi connectivity index (χ3n) is 3.01. The number of benzene rings is 1. The highest BCUT2D eigenvalue weighted by atomic mass is 16.5. The van der Waals surface area contributed by atoms with Gasteiger partial charge < -0.3 is 14.6 Å². The first-order valence-electron chi connectivity index (χ1n) is 6.74. The van der Waals surface area contributed by atoms with Crippen LogP contribution in [-0.2, 0) is 11.3 Å². The molecule has 0 aliphatic rings. The lowest BCUT2D eigenvalue weighted by atomic mass is 10.1. The van der Waals surface area contributed by atoms with Crippen LogP contribution >= 0.6 is 0 Å². The molecule has 3 heteroatoms. The third kappa shape index (κ3) is 5.90. The highest BCUT2D eigenvalue weighted by molar-refractivity contribution is 5.26. The smallest absolute Gasteiger partial charge is 0.118 e. The molecule has 106 valence electrons. The molecule has 1 aromatic carbocycles. The van der Waals surface area contributed by atoms with E-state index in [2.05, 4.69) is 13.5 Å². The second-order valence-corrected chi connectivity index (χ2v) is 4.61. The Morgan fingerprint density at radius 1 is 1.32 bits per heavy atom. The van der Waals surface area contributed by atoms with Gasteiger partial charge in [0.25, 0.3) is 0 Å². The number of rotatable bonds is 9. The summed E-state index contributed by atoms with van der Waals surface area (Å²) in [5, 5.41) is 9.77. The average Bonchev–Trinajstić information content (AvgIpc) is 2.44. The van der Waals surface area contributed by atoms with E-state index in [0.717, 1.165) is 24.2 Å². The molecule has 1 aromatic rings. The summed E-state index contributed by atoms with van der Waals surface area (Å²) >= 11 is 0. The first kappa shape index (κ1) is 15.7. The molecule has 1 rings (SSSR count). The highest BCUT2D eigenvalue weighted by Gasteiger charge is 2.11. The lowest BCUT2D eigenvalue weighted by molar-refractivity contribution is 0.0286. The Hall–Kier alpha value is -1.32. The molecule has 1 N–H and O–H groups in total. The molecule has 0 aliphatic carbocycles. The number of aliphatic hydroxyl groups is 1. The predicted octanol–water partition coefficient (Wildman–Crippen LogP) is 3.32. The molecule has 0 aromatic heterocycles. The minimum absolute atomic E-state index is 0.108. The number of hydrogen-bond donors (Lipinski definition) is 1. The zero-order valence-corrected chi connectivity index (χ0v) is 11.8. The second-order valence-electron chi connectivity index (χ2n) is 4.61. The van der Waals surface area contributed by atoms with Crippen molar-refractivity contribution >= 4 is 0 Å². The average molecular weight is 264 g/mol. The van der Waals surface area contributed by atoms with Crippen LogP contribution in [0.2, 0.25) is 0 Å². The van der Waals surface area contributed by atoms with Crippen molar-refractivity contribution < 1.29 is 14.6 Å². The van der Waals surface area contributed by atoms with Crippen LogP contribution in [-0.4, -0.2) is 24.4 Å². The van der Waals surface area contributed by atoms with Gasteiger partial charge in [-0.05, 0) is 24.1 Å². The van der Waals surface area contributed by atoms with Crippen molar-refractivity contribution in [3.63, 3.8) is 0 Å². The molecule has 0 spiro atoms. The van der Waals surface area contributed by atoms with Crippen LogP contribution in [0.15, 0.2) is 36.9 Å². The molecule has 19 heavy (non-hydrogen) atoms. The molecule has 0 bridgehead atoms. The highest BCUT2D eigenvalue weighted by Crippen LogP contribution is 2.15. The summed E-state index contributed by atoms with van der Waals surface area (Å²) in [6.07, 6.45) is 3.71. The van der Waals surface area contributed by atoms with Gasteiger partial charge in [0.05, 0.1) is 25.9 Å². The van der Waals surface area contributed by atoms with Crippen LogP contribution in [0.5, 0.6) is 5.75 Å². The molecular formula is C16H24O3. The van der Waals surface area contributed by atoms with Gasteiger partial charge in [0.15, 0.2) is 0 Å². The maximum Gasteiger partial charge on any atom is 0.118 e. The summed E-state index contributed by atoms with van der Waals surface area (Å²) in [5.41, 5.74) is 1.08. The molecule has 0 aliphatic heterocycles. The minimum atomic E-state index is -0.316. The van der Waals surface area contributed by atoms with Crippen LogP contribution in [0.3, 0.4) is 0 Å². The Kier molecular flexibility index (Phi) is 7.23. The molecule has 0 saturated carbocycles. The summed E-state index contributed by atoms with van der Waals surface area (Å²) in [5.74, 6) is 0.836. The second kappa shape index (κ2) is 8.73. The fourth-order valence-corrected chi connectivity index (χ4v) is 1.88. The largest absolute Gasteiger partial charge is 0.497 e. The number of hydrogen-bond acceptors (Lipinski definition) is 3. The fourth-order valence-electron chi connectivity index (χ4n) is 1.88. The Morgan fingerprint density at radius 3 is 2.53 bits per heavy atom. The Bertz CT molecular complexity index is 359. The first-order valence-corrected chi connectivity index (χ1v) is 6.74. The van der Waals surface area contributed by atoms with E-state index >= 15 is 0 Å². The van der Waals surface area contributed by atoms with E-state index in [4.69, 9.17) is 9.47 Å². The summed E-state index contributed by atoms with van der Waals surface area (Å²) in [6, 6.07) is 7.77. The number of ether oxygens (including phenoxy) is 2. The van der Waals surface area contributed by atoms with E-state index in [0.29, 0.717) is 13.0 Å². The molecule has 0 radical (unpaired) electrons. The molecule has 0 amide bonds. The Labute approximate surface area is 115 Å². The van der Waals surface area contributed by atoms with Crippen LogP contribution in [0.25, 0.3) is 0 Å². The van der Waals surface area contributed by atoms with Gasteiger partial charge in [0.2, 0.25) is 0 Å². The van der Waals surface area contributed by atoms with Crippen LogP contribution < -0.4 is 4.74 Å². The van der Waals surface area contributed by atoms with E-state index in [1.807, 2.05) is 24.3 Å². The first-order chi connectivity index (χ1) is 9.19. The monoisotopic (exact) mass is 264 g/mol. The van der Waals surface area contributed by atoms with Crippen molar-refractivity contribution in [2.75, 3.05) is 7.11 Å². The standard InChI is InChI=1S/C16H24O3/c1-4-6-14(17)11-15(5-2)19-12-13-7-9-16(18-3)10-8-13/h5,7-10,14-15,17H,2,4,6,11-12H2,1,3H3/t14-,15+/m1/s1. The van der Waals surface area contributed by atoms with Gasteiger partial charge in [-0.1, -0.05) is 31.6 Å². The molecule has 2 atom stereocenters. The minimum Gasteiger partial charge on any atom is -0.497 e. The van der Waals surface area contributed by atoms with Crippen molar-refractivity contribution in [2.24, 2.45) is 0 Å². The topological polar surface area (TPSA) is 38.7 Å². The lowest BCUT2D eigenvalue weighted by Gasteiger charge is -2.17. The molecule has 0 saturated heterocycles. The zero-order valence-electron chi connectivity index (χ0n) is 11.8. The van der Waals surface area contributed by atoms with Crippen LogP contribution in [0.1, 0.15) is 31.7 Å². The van der Waals surface area contributed by atoms with Gasteiger partial charge in [-0.3, -0.25) is 0 Å². The fraction of sp³-hybridized carbons (Fsp3) is 0.500. The van der Waals surface area contributed by atoms with Gasteiger partial charge in [0, 0.05) is 6.42 Å². The molecule has 0 fully saturated rings. The maximum absolute atomic E-state index is 9.77. The number of methoxy groups -OCH3 is 1. The Morgan fingerprint density at radius 2 is 2.00 bits per heavy atom. The number of aliphatic hydroxyl groups excluding tert-OH is 1. The summed E-state index contributed by atoms with van der Waals surface area (Å²) < 4.78 is 10.9. The molecule has 0 heterocycles. The van der Waals surface area contributed by atoms with Crippen LogP contribution in [0, 0.1) is 0 Å².